The highest BCUT2D eigenvalue weighted by atomic mass is 35.5. The average molecular weight is 310 g/mol. The second-order valence-electron chi connectivity index (χ2n) is 5.00. The Hall–Kier alpha value is -1.81. The maximum absolute atomic E-state index is 13.7. The number of fused-ring (bicyclic) bond motifs is 1. The van der Waals surface area contributed by atoms with Crippen LogP contribution < -0.4 is 10.1 Å². The van der Waals surface area contributed by atoms with Crippen molar-refractivity contribution < 1.29 is 13.5 Å². The molecule has 1 aliphatic heterocycles. The first-order valence-electron chi connectivity index (χ1n) is 6.75. The minimum absolute atomic E-state index is 0.0489. The van der Waals surface area contributed by atoms with Crippen molar-refractivity contribution in [3.8, 4) is 5.75 Å². The van der Waals surface area contributed by atoms with Gasteiger partial charge in [0, 0.05) is 18.5 Å². The summed E-state index contributed by atoms with van der Waals surface area (Å²) in [5, 5.41) is 3.04. The molecule has 0 fully saturated rings. The Kier molecular flexibility index (Phi) is 3.97. The van der Waals surface area contributed by atoms with Crippen molar-refractivity contribution >= 4 is 17.3 Å². The van der Waals surface area contributed by atoms with Gasteiger partial charge < -0.3 is 10.1 Å². The number of nitrogens with one attached hydrogen (secondary N) is 1. The monoisotopic (exact) mass is 309 g/mol. The molecular formula is C16H14ClF2NO. The molecule has 0 radical (unpaired) electrons. The minimum Gasteiger partial charge on any atom is -0.493 e. The molecule has 5 heteroatoms. The molecule has 1 unspecified atom stereocenters. The molecule has 21 heavy (non-hydrogen) atoms. The quantitative estimate of drug-likeness (QED) is 0.895. The molecule has 0 saturated heterocycles. The smallest absolute Gasteiger partial charge is 0.150 e. The van der Waals surface area contributed by atoms with Gasteiger partial charge in [-0.3, -0.25) is 0 Å². The Morgan fingerprint density at radius 1 is 1.24 bits per heavy atom. The highest BCUT2D eigenvalue weighted by Crippen LogP contribution is 2.34. The van der Waals surface area contributed by atoms with Crippen LogP contribution in [0.1, 0.15) is 17.9 Å². The van der Waals surface area contributed by atoms with Gasteiger partial charge in [-0.25, -0.2) is 8.78 Å². The predicted molar refractivity (Wildman–Crippen MR) is 79.2 cm³/mol. The van der Waals surface area contributed by atoms with E-state index in [1.54, 1.807) is 0 Å². The van der Waals surface area contributed by atoms with Crippen LogP contribution in [0.25, 0.3) is 0 Å². The van der Waals surface area contributed by atoms with Crippen molar-refractivity contribution in [3.05, 3.63) is 58.6 Å². The van der Waals surface area contributed by atoms with Crippen LogP contribution in [-0.4, -0.2) is 13.2 Å². The van der Waals surface area contributed by atoms with E-state index in [0.29, 0.717) is 13.2 Å². The summed E-state index contributed by atoms with van der Waals surface area (Å²) in [4.78, 5) is 0. The predicted octanol–water partition coefficient (Wildman–Crippen LogP) is 4.60. The van der Waals surface area contributed by atoms with Crippen molar-refractivity contribution in [1.29, 1.82) is 0 Å². The van der Waals surface area contributed by atoms with Crippen LogP contribution in [0.4, 0.5) is 14.5 Å². The fraction of sp³-hybridized carbons (Fsp3) is 0.250. The lowest BCUT2D eigenvalue weighted by atomic mass is 9.93. The van der Waals surface area contributed by atoms with Gasteiger partial charge in [0.2, 0.25) is 0 Å². The Morgan fingerprint density at radius 3 is 2.86 bits per heavy atom. The van der Waals surface area contributed by atoms with E-state index in [1.807, 2.05) is 24.3 Å². The van der Waals surface area contributed by atoms with Gasteiger partial charge in [0.05, 0.1) is 17.3 Å². The van der Waals surface area contributed by atoms with E-state index < -0.39 is 11.6 Å². The Labute approximate surface area is 126 Å². The van der Waals surface area contributed by atoms with E-state index in [1.165, 1.54) is 0 Å². The summed E-state index contributed by atoms with van der Waals surface area (Å²) < 4.78 is 32.4. The fourth-order valence-corrected chi connectivity index (χ4v) is 2.83. The number of hydrogen-bond acceptors (Lipinski definition) is 2. The van der Waals surface area contributed by atoms with Crippen LogP contribution >= 0.6 is 11.6 Å². The minimum atomic E-state index is -0.681. The first-order valence-corrected chi connectivity index (χ1v) is 7.13. The number of anilines is 1. The van der Waals surface area contributed by atoms with Crippen LogP contribution in [0.2, 0.25) is 5.02 Å². The number of hydrogen-bond donors (Lipinski definition) is 1. The Morgan fingerprint density at radius 2 is 2.05 bits per heavy atom. The first-order chi connectivity index (χ1) is 10.1. The number of para-hydroxylation sites is 1. The lowest BCUT2D eigenvalue weighted by molar-refractivity contribution is 0.270. The molecule has 1 heterocycles. The van der Waals surface area contributed by atoms with Gasteiger partial charge in [-0.15, -0.1) is 0 Å². The molecule has 0 saturated carbocycles. The van der Waals surface area contributed by atoms with Crippen molar-refractivity contribution in [2.24, 2.45) is 0 Å². The molecule has 1 aliphatic rings. The topological polar surface area (TPSA) is 21.3 Å². The third-order valence-corrected chi connectivity index (χ3v) is 3.91. The van der Waals surface area contributed by atoms with Crippen LogP contribution in [0, 0.1) is 11.6 Å². The second kappa shape index (κ2) is 5.90. The molecule has 2 nitrogen and oxygen atoms in total. The Balaban J connectivity index is 1.78. The SMILES string of the molecule is Fc1cc(F)c(NCC2CCOc3ccccc32)c(Cl)c1. The van der Waals surface area contributed by atoms with Gasteiger partial charge in [0.1, 0.15) is 11.6 Å². The normalized spacial score (nSPS) is 17.0. The molecule has 0 bridgehead atoms. The maximum Gasteiger partial charge on any atom is 0.150 e. The lowest BCUT2D eigenvalue weighted by Crippen LogP contribution is -2.21. The van der Waals surface area contributed by atoms with Gasteiger partial charge >= 0.3 is 0 Å². The molecule has 0 aliphatic carbocycles. The number of halogens is 3. The Bertz CT molecular complexity index is 639. The second-order valence-corrected chi connectivity index (χ2v) is 5.40. The van der Waals surface area contributed by atoms with Gasteiger partial charge in [0.25, 0.3) is 0 Å². The zero-order valence-electron chi connectivity index (χ0n) is 11.2. The van der Waals surface area contributed by atoms with Gasteiger partial charge in [-0.05, 0) is 24.1 Å². The standard InChI is InChI=1S/C16H14ClF2NO/c17-13-7-11(18)8-14(19)16(13)20-9-10-5-6-21-15-4-2-1-3-12(10)15/h1-4,7-8,10,20H,5-6,9H2. The van der Waals surface area contributed by atoms with E-state index in [2.05, 4.69) is 5.32 Å². The summed E-state index contributed by atoms with van der Waals surface area (Å²) >= 11 is 5.89. The molecule has 2 aromatic carbocycles. The summed E-state index contributed by atoms with van der Waals surface area (Å²) in [6.45, 7) is 1.14. The number of rotatable bonds is 3. The van der Waals surface area contributed by atoms with Crippen LogP contribution in [0.5, 0.6) is 5.75 Å². The molecule has 0 amide bonds. The average Bonchev–Trinajstić information content (AvgIpc) is 2.46. The van der Waals surface area contributed by atoms with Crippen LogP contribution in [0.15, 0.2) is 36.4 Å². The highest BCUT2D eigenvalue weighted by Gasteiger charge is 2.21. The molecule has 1 atom stereocenters. The van der Waals surface area contributed by atoms with Gasteiger partial charge in [-0.1, -0.05) is 29.8 Å². The fourth-order valence-electron chi connectivity index (χ4n) is 2.56. The van der Waals surface area contributed by atoms with E-state index >= 15 is 0 Å². The highest BCUT2D eigenvalue weighted by molar-refractivity contribution is 6.33. The van der Waals surface area contributed by atoms with Crippen molar-refractivity contribution in [1.82, 2.24) is 0 Å². The largest absolute Gasteiger partial charge is 0.493 e. The van der Waals surface area contributed by atoms with Crippen LogP contribution in [-0.2, 0) is 0 Å². The van der Waals surface area contributed by atoms with Crippen molar-refractivity contribution in [2.75, 3.05) is 18.5 Å². The van der Waals surface area contributed by atoms with Gasteiger partial charge in [-0.2, -0.15) is 0 Å². The van der Waals surface area contributed by atoms with Crippen molar-refractivity contribution in [3.63, 3.8) is 0 Å². The molecule has 3 rings (SSSR count). The number of benzene rings is 2. The lowest BCUT2D eigenvalue weighted by Gasteiger charge is -2.26. The third kappa shape index (κ3) is 2.95. The van der Waals surface area contributed by atoms with Gasteiger partial charge in [0.15, 0.2) is 5.82 Å². The van der Waals surface area contributed by atoms with Crippen LogP contribution in [0.3, 0.4) is 0 Å². The summed E-state index contributed by atoms with van der Waals surface area (Å²) in [5.74, 6) is -0.295. The summed E-state index contributed by atoms with van der Waals surface area (Å²) in [6.07, 6.45) is 0.838. The maximum atomic E-state index is 13.7. The molecular weight excluding hydrogens is 296 g/mol. The molecule has 0 aromatic heterocycles. The third-order valence-electron chi connectivity index (χ3n) is 3.61. The number of ether oxygens (including phenoxy) is 1. The van der Waals surface area contributed by atoms with E-state index in [9.17, 15) is 8.78 Å². The van der Waals surface area contributed by atoms with Crippen molar-refractivity contribution in [2.45, 2.75) is 12.3 Å². The molecule has 2 aromatic rings. The zero-order valence-corrected chi connectivity index (χ0v) is 12.0. The first kappa shape index (κ1) is 14.1. The zero-order chi connectivity index (χ0) is 14.8. The summed E-state index contributed by atoms with van der Waals surface area (Å²) in [7, 11) is 0. The summed E-state index contributed by atoms with van der Waals surface area (Å²) in [6, 6.07) is 9.73. The van der Waals surface area contributed by atoms with E-state index in [4.69, 9.17) is 16.3 Å². The molecule has 110 valence electrons. The van der Waals surface area contributed by atoms with E-state index in [0.717, 1.165) is 29.9 Å². The summed E-state index contributed by atoms with van der Waals surface area (Å²) in [5.41, 5.74) is 1.23. The molecule has 1 N–H and O–H groups in total. The molecule has 0 spiro atoms. The van der Waals surface area contributed by atoms with E-state index in [-0.39, 0.29) is 16.6 Å².